The first-order valence-corrected chi connectivity index (χ1v) is 14.4. The van der Waals surface area contributed by atoms with Crippen LogP contribution in [0.15, 0.2) is 71.6 Å². The Morgan fingerprint density at radius 2 is 1.53 bits per heavy atom. The first kappa shape index (κ1) is 30.1. The highest BCUT2D eigenvalue weighted by atomic mass is 35.5. The van der Waals surface area contributed by atoms with Crippen LogP contribution in [0, 0.1) is 0 Å². The number of nitrogens with zero attached hydrogens (tertiary/aromatic N) is 2. The van der Waals surface area contributed by atoms with Gasteiger partial charge < -0.3 is 10.2 Å². The predicted molar refractivity (Wildman–Crippen MR) is 153 cm³/mol. The monoisotopic (exact) mass is 615 g/mol. The van der Waals surface area contributed by atoms with Gasteiger partial charge in [0.05, 0.1) is 15.6 Å². The fourth-order valence-electron chi connectivity index (χ4n) is 3.83. The highest BCUT2D eigenvalue weighted by molar-refractivity contribution is 7.92. The zero-order valence-corrected chi connectivity index (χ0v) is 24.3. The Morgan fingerprint density at radius 1 is 0.895 bits per heavy atom. The molecule has 0 aliphatic carbocycles. The fraction of sp³-hybridized carbons (Fsp3) is 0.231. The van der Waals surface area contributed by atoms with Crippen LogP contribution in [0.5, 0.6) is 0 Å². The maximum Gasteiger partial charge on any atom is 0.264 e. The number of carbonyl (C=O) groups is 2. The molecule has 3 aromatic rings. The zero-order chi connectivity index (χ0) is 28.0. The average molecular weight is 617 g/mol. The van der Waals surface area contributed by atoms with Crippen LogP contribution in [-0.4, -0.2) is 44.8 Å². The summed E-state index contributed by atoms with van der Waals surface area (Å²) in [6, 6.07) is 15.8. The molecule has 202 valence electrons. The lowest BCUT2D eigenvalue weighted by Gasteiger charge is -2.33. The molecule has 1 atom stereocenters. The number of rotatable bonds is 10. The van der Waals surface area contributed by atoms with E-state index in [-0.39, 0.29) is 33.6 Å². The Hall–Kier alpha value is -2.49. The molecule has 0 aliphatic heterocycles. The van der Waals surface area contributed by atoms with E-state index < -0.39 is 34.4 Å². The second kappa shape index (κ2) is 13.0. The summed E-state index contributed by atoms with van der Waals surface area (Å²) < 4.78 is 28.4. The number of benzene rings is 3. The molecule has 0 aliphatic rings. The maximum atomic E-state index is 13.9. The lowest BCUT2D eigenvalue weighted by molar-refractivity contribution is -0.140. The van der Waals surface area contributed by atoms with Crippen molar-refractivity contribution >= 4 is 73.9 Å². The van der Waals surface area contributed by atoms with Gasteiger partial charge in [0.1, 0.15) is 12.6 Å². The van der Waals surface area contributed by atoms with E-state index in [1.165, 1.54) is 48.3 Å². The largest absolute Gasteiger partial charge is 0.357 e. The summed E-state index contributed by atoms with van der Waals surface area (Å²) in [6.45, 7) is 1.02. The normalized spacial score (nSPS) is 12.1. The number of sulfonamides is 1. The summed E-state index contributed by atoms with van der Waals surface area (Å²) in [4.78, 5) is 27.9. The topological polar surface area (TPSA) is 86.8 Å². The Bertz CT molecular complexity index is 1420. The molecule has 38 heavy (non-hydrogen) atoms. The molecule has 0 bridgehead atoms. The Kier molecular flexibility index (Phi) is 10.3. The molecule has 3 rings (SSSR count). The number of nitrogens with one attached hydrogen (secondary N) is 1. The second-order valence-electron chi connectivity index (χ2n) is 8.22. The van der Waals surface area contributed by atoms with Crippen molar-refractivity contribution in [2.45, 2.75) is 30.8 Å². The van der Waals surface area contributed by atoms with Gasteiger partial charge >= 0.3 is 0 Å². The standard InChI is InChI=1S/C26H25Cl4N3O4S/c1-3-23(26(35)31-2)32(15-17-9-10-18(27)13-22(17)30)25(34)16-33(24-14-19(28)11-12-21(24)29)38(36,37)20-7-5-4-6-8-20/h4-14,23H,3,15-16H2,1-2H3,(H,31,35). The molecule has 0 radical (unpaired) electrons. The van der Waals surface area contributed by atoms with Gasteiger partial charge in [-0.15, -0.1) is 0 Å². The number of hydrogen-bond donors (Lipinski definition) is 1. The van der Waals surface area contributed by atoms with Gasteiger partial charge in [-0.25, -0.2) is 8.42 Å². The average Bonchev–Trinajstić information content (AvgIpc) is 2.90. The number of halogens is 4. The van der Waals surface area contributed by atoms with E-state index in [1.54, 1.807) is 37.3 Å². The summed E-state index contributed by atoms with van der Waals surface area (Å²) in [6.07, 6.45) is 0.264. The third-order valence-electron chi connectivity index (χ3n) is 5.78. The van der Waals surface area contributed by atoms with Crippen molar-refractivity contribution in [2.75, 3.05) is 17.9 Å². The maximum absolute atomic E-state index is 13.9. The Morgan fingerprint density at radius 3 is 2.13 bits per heavy atom. The molecule has 0 heterocycles. The van der Waals surface area contributed by atoms with E-state index in [0.29, 0.717) is 15.6 Å². The van der Waals surface area contributed by atoms with Gasteiger partial charge in [0, 0.05) is 28.7 Å². The quantitative estimate of drug-likeness (QED) is 0.300. The molecule has 0 saturated heterocycles. The van der Waals surface area contributed by atoms with Crippen molar-refractivity contribution < 1.29 is 18.0 Å². The molecule has 12 heteroatoms. The second-order valence-corrected chi connectivity index (χ2v) is 11.8. The molecule has 1 N–H and O–H groups in total. The minimum Gasteiger partial charge on any atom is -0.357 e. The lowest BCUT2D eigenvalue weighted by atomic mass is 10.1. The fourth-order valence-corrected chi connectivity index (χ4v) is 6.18. The van der Waals surface area contributed by atoms with Crippen molar-refractivity contribution in [3.05, 3.63) is 92.4 Å². The van der Waals surface area contributed by atoms with E-state index in [9.17, 15) is 18.0 Å². The molecule has 3 aromatic carbocycles. The summed E-state index contributed by atoms with van der Waals surface area (Å²) in [5.74, 6) is -1.06. The van der Waals surface area contributed by atoms with Crippen LogP contribution in [-0.2, 0) is 26.2 Å². The zero-order valence-electron chi connectivity index (χ0n) is 20.5. The summed E-state index contributed by atoms with van der Waals surface area (Å²) in [7, 11) is -2.81. The highest BCUT2D eigenvalue weighted by Crippen LogP contribution is 2.33. The third-order valence-corrected chi connectivity index (χ3v) is 8.69. The molecular weight excluding hydrogens is 592 g/mol. The van der Waals surface area contributed by atoms with Crippen molar-refractivity contribution in [2.24, 2.45) is 0 Å². The van der Waals surface area contributed by atoms with Crippen molar-refractivity contribution in [1.29, 1.82) is 0 Å². The summed E-state index contributed by atoms with van der Waals surface area (Å²) >= 11 is 25.0. The summed E-state index contributed by atoms with van der Waals surface area (Å²) in [5.41, 5.74) is 0.555. The third kappa shape index (κ3) is 6.93. The van der Waals surface area contributed by atoms with Crippen LogP contribution in [0.25, 0.3) is 0 Å². The molecule has 0 aromatic heterocycles. The lowest BCUT2D eigenvalue weighted by Crippen LogP contribution is -2.51. The van der Waals surface area contributed by atoms with E-state index >= 15 is 0 Å². The first-order valence-electron chi connectivity index (χ1n) is 11.5. The van der Waals surface area contributed by atoms with Gasteiger partial charge in [0.2, 0.25) is 11.8 Å². The molecule has 2 amide bonds. The van der Waals surface area contributed by atoms with Gasteiger partial charge in [-0.05, 0) is 54.4 Å². The van der Waals surface area contributed by atoms with E-state index in [4.69, 9.17) is 46.4 Å². The Labute approximate surface area is 242 Å². The van der Waals surface area contributed by atoms with E-state index in [2.05, 4.69) is 5.32 Å². The van der Waals surface area contributed by atoms with Gasteiger partial charge in [0.25, 0.3) is 10.0 Å². The van der Waals surface area contributed by atoms with E-state index in [0.717, 1.165) is 4.31 Å². The van der Waals surface area contributed by atoms with Crippen LogP contribution >= 0.6 is 46.4 Å². The number of likely N-dealkylation sites (N-methyl/N-ethyl adjacent to an activating group) is 1. The van der Waals surface area contributed by atoms with Crippen LogP contribution in [0.1, 0.15) is 18.9 Å². The number of carbonyl (C=O) groups excluding carboxylic acids is 2. The predicted octanol–water partition coefficient (Wildman–Crippen LogP) is 6.05. The highest BCUT2D eigenvalue weighted by Gasteiger charge is 2.34. The van der Waals surface area contributed by atoms with Crippen molar-refractivity contribution in [1.82, 2.24) is 10.2 Å². The van der Waals surface area contributed by atoms with Crippen molar-refractivity contribution in [3.8, 4) is 0 Å². The van der Waals surface area contributed by atoms with Crippen LogP contribution < -0.4 is 9.62 Å². The minimum absolute atomic E-state index is 0.0221. The SMILES string of the molecule is CCC(C(=O)NC)N(Cc1ccc(Cl)cc1Cl)C(=O)CN(c1cc(Cl)ccc1Cl)S(=O)(=O)c1ccccc1. The number of amides is 2. The summed E-state index contributed by atoms with van der Waals surface area (Å²) in [5, 5.41) is 3.57. The van der Waals surface area contributed by atoms with Crippen molar-refractivity contribution in [3.63, 3.8) is 0 Å². The van der Waals surface area contributed by atoms with Gasteiger partial charge in [-0.1, -0.05) is 77.6 Å². The van der Waals surface area contributed by atoms with Crippen LogP contribution in [0.2, 0.25) is 20.1 Å². The van der Waals surface area contributed by atoms with Crippen LogP contribution in [0.4, 0.5) is 5.69 Å². The molecule has 1 unspecified atom stereocenters. The molecule has 0 spiro atoms. The molecule has 0 fully saturated rings. The Balaban J connectivity index is 2.11. The van der Waals surface area contributed by atoms with Gasteiger partial charge in [-0.2, -0.15) is 0 Å². The van der Waals surface area contributed by atoms with E-state index in [1.807, 2.05) is 0 Å². The molecule has 0 saturated carbocycles. The molecule has 7 nitrogen and oxygen atoms in total. The minimum atomic E-state index is -4.27. The first-order chi connectivity index (χ1) is 18.0. The van der Waals surface area contributed by atoms with Gasteiger partial charge in [-0.3, -0.25) is 13.9 Å². The van der Waals surface area contributed by atoms with Gasteiger partial charge in [0.15, 0.2) is 0 Å². The number of hydrogen-bond acceptors (Lipinski definition) is 4. The molecular formula is C26H25Cl4N3O4S. The smallest absolute Gasteiger partial charge is 0.264 e. The van der Waals surface area contributed by atoms with Crippen LogP contribution in [0.3, 0.4) is 0 Å². The number of anilines is 1.